The summed E-state index contributed by atoms with van der Waals surface area (Å²) in [6.07, 6.45) is 7.23. The van der Waals surface area contributed by atoms with E-state index in [0.717, 1.165) is 4.90 Å². The number of para-hydroxylation sites is 1. The standard InChI is InChI=1S/C59H85N3O17/c1-35-19-13-11-14-20-36(2)47(62(73)58(70)76-43-21-15-12-16-22-43)33-44-26-24-41(7)59(71,78-44)54(66)55(67)61-28-18-17-23-46(61)57(69)77-49(38(4)31-42-25-27-45(50(32-42)74-9)56(68)79-60(8)72)34-48(63)37(3)30-40(6)52(65)53(75-10)51(64)39(5)29-35/h11-16,19-22,30,35,37-39,41-42,44-47,49-50,52-53,65,71-73H,17-18,23-29,31-34H2,1-10H3/b14-11+,19-13-,36-20+,40-30+/t35-,37-,38-,39-,41-,42+,44+,45-,46+,47+,49+,50-,52-,53+,59-/m1/s1. The normalized spacial score (nSPS) is 35.2. The molecule has 3 fully saturated rings. The van der Waals surface area contributed by atoms with Gasteiger partial charge in [0.05, 0.1) is 31.2 Å². The predicted octanol–water partition coefficient (Wildman–Crippen LogP) is 7.46. The number of hydrogen-bond donors (Lipinski definition) is 4. The van der Waals surface area contributed by atoms with Gasteiger partial charge >= 0.3 is 18.0 Å². The minimum Gasteiger partial charge on any atom is -0.460 e. The third-order valence-electron chi connectivity index (χ3n) is 16.2. The number of hydroxylamine groups is 4. The third kappa shape index (κ3) is 17.3. The van der Waals surface area contributed by atoms with Crippen LogP contribution in [0.5, 0.6) is 5.75 Å². The number of allylic oxidation sites excluding steroid dienone is 6. The number of aliphatic hydroxyl groups excluding tert-OH is 1. The topological polar surface area (TPSA) is 266 Å². The molecule has 0 unspecified atom stereocenters. The summed E-state index contributed by atoms with van der Waals surface area (Å²) in [5, 5.41) is 45.6. The summed E-state index contributed by atoms with van der Waals surface area (Å²) in [6.45, 7) is 12.0. The first-order chi connectivity index (χ1) is 37.4. The number of Topliss-reactive ketones (excluding diaryl/α,β-unsaturated/α-hetero) is 3. The molecule has 4 N–H and O–H groups in total. The first kappa shape index (κ1) is 64.4. The number of ketones is 3. The molecule has 1 saturated carbocycles. The number of cyclic esters (lactones) is 1. The van der Waals surface area contributed by atoms with Crippen LogP contribution < -0.4 is 4.74 Å². The van der Waals surface area contributed by atoms with Crippen molar-refractivity contribution in [1.82, 2.24) is 15.2 Å². The Morgan fingerprint density at radius 3 is 2.25 bits per heavy atom. The van der Waals surface area contributed by atoms with Crippen LogP contribution >= 0.6 is 0 Å². The van der Waals surface area contributed by atoms with Gasteiger partial charge in [0.2, 0.25) is 5.79 Å². The van der Waals surface area contributed by atoms with Crippen molar-refractivity contribution in [1.29, 1.82) is 0 Å². The highest BCUT2D eigenvalue weighted by molar-refractivity contribution is 6.39. The molecule has 20 heteroatoms. The molecule has 4 aliphatic rings. The summed E-state index contributed by atoms with van der Waals surface area (Å²) >= 11 is 0. The lowest BCUT2D eigenvalue weighted by molar-refractivity contribution is -0.306. The Bertz CT molecular complexity index is 2390. The zero-order valence-corrected chi connectivity index (χ0v) is 47.6. The Morgan fingerprint density at radius 1 is 0.873 bits per heavy atom. The van der Waals surface area contributed by atoms with Crippen molar-refractivity contribution in [2.45, 2.75) is 174 Å². The number of nitrogens with zero attached hydrogens (tertiary/aromatic N) is 3. The Kier molecular flexibility index (Phi) is 24.3. The fourth-order valence-electron chi connectivity index (χ4n) is 11.4. The molecule has 2 saturated heterocycles. The lowest BCUT2D eigenvalue weighted by Gasteiger charge is -2.43. The quantitative estimate of drug-likeness (QED) is 0.0614. The van der Waals surface area contributed by atoms with Gasteiger partial charge in [-0.15, -0.1) is 0 Å². The molecule has 0 aromatic heterocycles. The van der Waals surface area contributed by atoms with E-state index in [0.29, 0.717) is 66.4 Å². The number of piperidine rings is 1. The van der Waals surface area contributed by atoms with Crippen LogP contribution in [0.3, 0.4) is 0 Å². The number of rotatable bonds is 9. The van der Waals surface area contributed by atoms with Crippen molar-refractivity contribution in [2.75, 3.05) is 27.8 Å². The second-order valence-electron chi connectivity index (χ2n) is 22.3. The molecule has 5 rings (SSSR count). The van der Waals surface area contributed by atoms with Crippen molar-refractivity contribution < 1.29 is 82.7 Å². The average molecular weight is 1110 g/mol. The zero-order chi connectivity index (χ0) is 58.3. The van der Waals surface area contributed by atoms with Crippen LogP contribution in [-0.4, -0.2) is 153 Å². The Morgan fingerprint density at radius 2 is 1.58 bits per heavy atom. The van der Waals surface area contributed by atoms with Crippen molar-refractivity contribution in [3.8, 4) is 5.75 Å². The van der Waals surface area contributed by atoms with Gasteiger partial charge in [0.1, 0.15) is 35.9 Å². The van der Waals surface area contributed by atoms with Crippen LogP contribution in [0.25, 0.3) is 0 Å². The number of amides is 2. The van der Waals surface area contributed by atoms with Crippen molar-refractivity contribution in [2.24, 2.45) is 41.4 Å². The summed E-state index contributed by atoms with van der Waals surface area (Å²) in [5.41, 5.74) is 0.785. The maximum absolute atomic E-state index is 14.6. The van der Waals surface area contributed by atoms with Gasteiger partial charge in [-0.25, -0.2) is 14.4 Å². The van der Waals surface area contributed by atoms with Crippen LogP contribution in [0.2, 0.25) is 0 Å². The maximum Gasteiger partial charge on any atom is 0.439 e. The van der Waals surface area contributed by atoms with Crippen LogP contribution in [-0.2, 0) is 52.6 Å². The molecule has 3 aliphatic heterocycles. The highest BCUT2D eigenvalue weighted by Crippen LogP contribution is 2.39. The van der Waals surface area contributed by atoms with E-state index in [4.69, 9.17) is 28.5 Å². The Balaban J connectivity index is 1.50. The predicted molar refractivity (Wildman–Crippen MR) is 287 cm³/mol. The van der Waals surface area contributed by atoms with Crippen LogP contribution in [0.15, 0.2) is 77.9 Å². The van der Waals surface area contributed by atoms with Crippen molar-refractivity contribution in [3.63, 3.8) is 0 Å². The minimum absolute atomic E-state index is 0.0304. The SMILES string of the molecule is CO[C@@H]1C[C@H](C[C@@H](C)[C@@H]2CC(=O)[C@H](C)/C=C(\C)[C@@H](O)[C@@H](OC)C(=O)[C@H](C)C[C@H](C)\C=C/C=C/C=C(\C)[C@@H](N(O)C(=O)Oc3ccccc3)C[C@@H]3CC[C@@H](C)[C@@](O)(O3)C(=O)C(=O)N3CCCC[C@H]3C(=O)O2)CC[C@H]1C(=O)ON(C)O. The number of methoxy groups -OCH3 is 2. The van der Waals surface area contributed by atoms with E-state index in [1.54, 1.807) is 95.3 Å². The van der Waals surface area contributed by atoms with E-state index in [9.17, 15) is 54.2 Å². The smallest absolute Gasteiger partial charge is 0.439 e. The molecule has 0 radical (unpaired) electrons. The fourth-order valence-corrected chi connectivity index (χ4v) is 11.4. The second kappa shape index (κ2) is 29.8. The van der Waals surface area contributed by atoms with E-state index < -0.39 is 108 Å². The molecule has 0 spiro atoms. The maximum atomic E-state index is 14.6. The molecule has 20 nitrogen and oxygen atoms in total. The van der Waals surface area contributed by atoms with Crippen LogP contribution in [0, 0.1) is 41.4 Å². The first-order valence-electron chi connectivity index (χ1n) is 27.8. The van der Waals surface area contributed by atoms with Gasteiger partial charge < -0.3 is 43.6 Å². The van der Waals surface area contributed by atoms with Crippen LogP contribution in [0.4, 0.5) is 4.79 Å². The van der Waals surface area contributed by atoms with Gasteiger partial charge in [0.25, 0.3) is 11.7 Å². The number of benzene rings is 1. The molecular weight excluding hydrogens is 1020 g/mol. The lowest BCUT2D eigenvalue weighted by atomic mass is 9.75. The minimum atomic E-state index is -2.67. The monoisotopic (exact) mass is 1110 g/mol. The molecule has 1 aromatic rings. The number of hydrogen-bond acceptors (Lipinski definition) is 18. The zero-order valence-electron chi connectivity index (χ0n) is 47.6. The summed E-state index contributed by atoms with van der Waals surface area (Å²) in [6, 6.07) is 5.74. The molecule has 2 amide bonds. The van der Waals surface area contributed by atoms with E-state index in [2.05, 4.69) is 0 Å². The van der Waals surface area contributed by atoms with Gasteiger partial charge in [0.15, 0.2) is 5.78 Å². The fraction of sp³-hybridized carbons (Fsp3) is 0.644. The number of esters is 1. The summed E-state index contributed by atoms with van der Waals surface area (Å²) in [5.74, 6) is -10.8. The number of ether oxygens (including phenoxy) is 5. The molecule has 1 aromatic carbocycles. The lowest BCUT2D eigenvalue weighted by Crippen LogP contribution is -2.61. The molecule has 15 atom stereocenters. The molecule has 79 heavy (non-hydrogen) atoms. The summed E-state index contributed by atoms with van der Waals surface area (Å²) in [4.78, 5) is 104. The van der Waals surface area contributed by atoms with Crippen LogP contribution in [0.1, 0.15) is 126 Å². The summed E-state index contributed by atoms with van der Waals surface area (Å²) in [7, 11) is 3.99. The van der Waals surface area contributed by atoms with Crippen molar-refractivity contribution in [3.05, 3.63) is 77.9 Å². The summed E-state index contributed by atoms with van der Waals surface area (Å²) < 4.78 is 29.3. The number of carbonyl (C=O) groups excluding carboxylic acids is 7. The van der Waals surface area contributed by atoms with Gasteiger partial charge in [-0.05, 0) is 124 Å². The average Bonchev–Trinajstić information content (AvgIpc) is 3.41. The van der Waals surface area contributed by atoms with E-state index >= 15 is 0 Å². The van der Waals surface area contributed by atoms with E-state index in [1.165, 1.54) is 21.3 Å². The second-order valence-corrected chi connectivity index (χ2v) is 22.3. The van der Waals surface area contributed by atoms with Gasteiger partial charge in [-0.1, -0.05) is 89.3 Å². The molecular formula is C59H85N3O17. The molecule has 438 valence electrons. The van der Waals surface area contributed by atoms with Gasteiger partial charge in [0, 0.05) is 51.4 Å². The molecule has 1 aliphatic carbocycles. The largest absolute Gasteiger partial charge is 0.460 e. The number of aliphatic hydroxyl groups is 2. The van der Waals surface area contributed by atoms with Gasteiger partial charge in [-0.2, -0.15) is 5.06 Å². The highest BCUT2D eigenvalue weighted by Gasteiger charge is 2.53. The van der Waals surface area contributed by atoms with Gasteiger partial charge in [-0.3, -0.25) is 29.6 Å². The van der Waals surface area contributed by atoms with E-state index in [-0.39, 0.29) is 67.8 Å². The highest BCUT2D eigenvalue weighted by atomic mass is 16.9. The number of carbonyl (C=O) groups is 7. The molecule has 3 heterocycles. The number of fused-ring (bicyclic) bond motifs is 3. The Labute approximate surface area is 464 Å². The molecule has 2 bridgehead atoms. The third-order valence-corrected chi connectivity index (χ3v) is 16.2. The Hall–Kier alpha value is -5.45. The van der Waals surface area contributed by atoms with Crippen molar-refractivity contribution >= 4 is 41.3 Å². The first-order valence-corrected chi connectivity index (χ1v) is 27.8. The van der Waals surface area contributed by atoms with E-state index in [1.807, 2.05) is 19.9 Å².